The molecule has 2 aliphatic heterocycles. The molecule has 4 aromatic heterocycles. The minimum Gasteiger partial charge on any atom is -0.377 e. The molecule has 4 aromatic rings. The predicted octanol–water partition coefficient (Wildman–Crippen LogP) is 3.48. The lowest BCUT2D eigenvalue weighted by molar-refractivity contribution is -0.144. The summed E-state index contributed by atoms with van der Waals surface area (Å²) in [5.41, 5.74) is 0.512. The van der Waals surface area contributed by atoms with Gasteiger partial charge in [-0.05, 0) is 45.8 Å². The summed E-state index contributed by atoms with van der Waals surface area (Å²) in [6.07, 6.45) is -0.208. The van der Waals surface area contributed by atoms with Crippen molar-refractivity contribution in [3.63, 3.8) is 0 Å². The number of fused-ring (bicyclic) bond motifs is 1. The summed E-state index contributed by atoms with van der Waals surface area (Å²) >= 11 is 0. The Bertz CT molecular complexity index is 1400. The van der Waals surface area contributed by atoms with Gasteiger partial charge in [0.2, 0.25) is 0 Å². The Labute approximate surface area is 210 Å². The zero-order valence-corrected chi connectivity index (χ0v) is 20.6. The van der Waals surface area contributed by atoms with Crippen LogP contribution in [0.15, 0.2) is 24.5 Å². The first-order valence-corrected chi connectivity index (χ1v) is 12.4. The van der Waals surface area contributed by atoms with Gasteiger partial charge >= 0.3 is 6.18 Å². The van der Waals surface area contributed by atoms with Crippen molar-refractivity contribution in [2.45, 2.75) is 44.9 Å². The summed E-state index contributed by atoms with van der Waals surface area (Å²) in [6, 6.07) is 3.16. The Morgan fingerprint density at radius 2 is 1.97 bits per heavy atom. The number of aromatic nitrogens is 7. The van der Waals surface area contributed by atoms with E-state index in [2.05, 4.69) is 30.6 Å². The monoisotopic (exact) mass is 515 g/mol. The lowest BCUT2D eigenvalue weighted by atomic mass is 9.99. The van der Waals surface area contributed by atoms with Gasteiger partial charge < -0.3 is 15.0 Å². The molecule has 2 aliphatic rings. The molecule has 0 aliphatic carbocycles. The average Bonchev–Trinajstić information content (AvgIpc) is 3.62. The van der Waals surface area contributed by atoms with E-state index < -0.39 is 11.9 Å². The number of hydrogen-bond acceptors (Lipinski definition) is 7. The van der Waals surface area contributed by atoms with Crippen molar-refractivity contribution in [3.8, 4) is 16.9 Å². The smallest absolute Gasteiger partial charge is 0.377 e. The highest BCUT2D eigenvalue weighted by molar-refractivity contribution is 5.96. The van der Waals surface area contributed by atoms with Crippen molar-refractivity contribution in [3.05, 3.63) is 35.9 Å². The summed E-state index contributed by atoms with van der Waals surface area (Å²) in [5, 5.41) is 19.6. The largest absolute Gasteiger partial charge is 0.433 e. The molecule has 37 heavy (non-hydrogen) atoms. The molecule has 6 rings (SSSR count). The van der Waals surface area contributed by atoms with Crippen molar-refractivity contribution in [2.75, 3.05) is 37.7 Å². The van der Waals surface area contributed by atoms with Gasteiger partial charge in [0.05, 0.1) is 37.2 Å². The number of nitrogens with one attached hydrogen (secondary N) is 2. The first kappa shape index (κ1) is 23.9. The number of alkyl halides is 3. The van der Waals surface area contributed by atoms with E-state index in [4.69, 9.17) is 9.72 Å². The van der Waals surface area contributed by atoms with E-state index in [0.29, 0.717) is 79.6 Å². The topological polar surface area (TPSA) is 102 Å². The number of nitrogens with zero attached hydrogens (tertiary/aromatic N) is 7. The van der Waals surface area contributed by atoms with Gasteiger partial charge in [0.15, 0.2) is 17.2 Å². The molecule has 2 saturated heterocycles. The first-order valence-electron chi connectivity index (χ1n) is 12.4. The van der Waals surface area contributed by atoms with Crippen LogP contribution in [0.1, 0.15) is 37.2 Å². The molecular formula is C24H28F3N9O. The molecule has 1 atom stereocenters. The number of anilines is 1. The van der Waals surface area contributed by atoms with Crippen LogP contribution in [0.4, 0.5) is 19.0 Å². The molecule has 2 fully saturated rings. The molecule has 10 nitrogen and oxygen atoms in total. The SMILES string of the molecule is Cc1nn(C2CCNCC2)c(C(F)(F)F)c1-c1cc(N2CCOC[C@H]2C)nc2c1cnn2-c1cc[nH]n1. The quantitative estimate of drug-likeness (QED) is 0.429. The molecule has 13 heteroatoms. The van der Waals surface area contributed by atoms with Crippen LogP contribution in [0.25, 0.3) is 28.0 Å². The zero-order valence-electron chi connectivity index (χ0n) is 20.6. The van der Waals surface area contributed by atoms with Crippen LogP contribution in [-0.2, 0) is 10.9 Å². The molecule has 6 heterocycles. The standard InChI is InChI=1S/C24H28F3N9O/c1-14-13-37-10-9-34(14)20-11-17(18-12-30-36(23(18)31-20)19-5-8-29-32-19)21-15(2)33-35(22(21)24(25,26)27)16-3-6-28-7-4-16/h5,8,11-12,14,16,28H,3-4,6-7,9-10,13H2,1-2H3,(H,29,32)/t14-/m1/s1. The van der Waals surface area contributed by atoms with Crippen LogP contribution >= 0.6 is 0 Å². The highest BCUT2D eigenvalue weighted by Crippen LogP contribution is 2.44. The van der Waals surface area contributed by atoms with Crippen LogP contribution in [-0.4, -0.2) is 73.6 Å². The Morgan fingerprint density at radius 3 is 2.68 bits per heavy atom. The maximum Gasteiger partial charge on any atom is 0.433 e. The zero-order chi connectivity index (χ0) is 25.7. The van der Waals surface area contributed by atoms with Gasteiger partial charge in [0, 0.05) is 35.3 Å². The van der Waals surface area contributed by atoms with Gasteiger partial charge in [0.1, 0.15) is 5.82 Å². The van der Waals surface area contributed by atoms with Crippen LogP contribution in [0.2, 0.25) is 0 Å². The molecule has 0 saturated carbocycles. The third-order valence-electron chi connectivity index (χ3n) is 7.17. The molecule has 0 aromatic carbocycles. The number of morpholine rings is 1. The fourth-order valence-electron chi connectivity index (χ4n) is 5.40. The minimum absolute atomic E-state index is 0.00829. The van der Waals surface area contributed by atoms with Crippen LogP contribution in [0.5, 0.6) is 0 Å². The number of aromatic amines is 1. The van der Waals surface area contributed by atoms with E-state index in [-0.39, 0.29) is 17.6 Å². The molecule has 0 radical (unpaired) electrons. The van der Waals surface area contributed by atoms with E-state index in [1.54, 1.807) is 36.1 Å². The second-order valence-corrected chi connectivity index (χ2v) is 9.60. The van der Waals surface area contributed by atoms with Crippen LogP contribution in [0, 0.1) is 6.92 Å². The van der Waals surface area contributed by atoms with Crippen molar-refractivity contribution < 1.29 is 17.9 Å². The van der Waals surface area contributed by atoms with Gasteiger partial charge in [-0.15, -0.1) is 0 Å². The third kappa shape index (κ3) is 4.15. The number of hydrogen-bond donors (Lipinski definition) is 2. The molecule has 0 amide bonds. The second kappa shape index (κ2) is 9.14. The van der Waals surface area contributed by atoms with E-state index in [1.807, 2.05) is 6.92 Å². The van der Waals surface area contributed by atoms with E-state index in [9.17, 15) is 13.2 Å². The van der Waals surface area contributed by atoms with E-state index in [0.717, 1.165) is 0 Å². The molecule has 0 spiro atoms. The molecule has 0 bridgehead atoms. The predicted molar refractivity (Wildman–Crippen MR) is 131 cm³/mol. The molecule has 196 valence electrons. The Kier molecular flexibility index (Phi) is 5.91. The number of aryl methyl sites for hydroxylation is 1. The normalized spacial score (nSPS) is 19.7. The van der Waals surface area contributed by atoms with Gasteiger partial charge in [0.25, 0.3) is 0 Å². The number of halogens is 3. The number of H-pyrrole nitrogens is 1. The van der Waals surface area contributed by atoms with Crippen molar-refractivity contribution >= 4 is 16.9 Å². The molecule has 0 unspecified atom stereocenters. The third-order valence-corrected chi connectivity index (χ3v) is 7.17. The summed E-state index contributed by atoms with van der Waals surface area (Å²) in [5.74, 6) is 1.07. The maximum absolute atomic E-state index is 14.8. The first-order chi connectivity index (χ1) is 17.8. The Balaban J connectivity index is 1.61. The number of rotatable bonds is 4. The Morgan fingerprint density at radius 1 is 1.16 bits per heavy atom. The van der Waals surface area contributed by atoms with Gasteiger partial charge in [-0.1, -0.05) is 0 Å². The van der Waals surface area contributed by atoms with Gasteiger partial charge in [-0.3, -0.25) is 9.78 Å². The average molecular weight is 516 g/mol. The lowest BCUT2D eigenvalue weighted by Gasteiger charge is -2.34. The van der Waals surface area contributed by atoms with Gasteiger partial charge in [-0.25, -0.2) is 4.98 Å². The highest BCUT2D eigenvalue weighted by atomic mass is 19.4. The highest BCUT2D eigenvalue weighted by Gasteiger charge is 2.42. The van der Waals surface area contributed by atoms with E-state index >= 15 is 0 Å². The summed E-state index contributed by atoms with van der Waals surface area (Å²) in [4.78, 5) is 6.93. The molecular weight excluding hydrogens is 487 g/mol. The lowest BCUT2D eigenvalue weighted by Crippen LogP contribution is -2.44. The summed E-state index contributed by atoms with van der Waals surface area (Å²) in [6.45, 7) is 6.57. The maximum atomic E-state index is 14.8. The fraction of sp³-hybridized carbons (Fsp3) is 0.500. The second-order valence-electron chi connectivity index (χ2n) is 9.60. The van der Waals surface area contributed by atoms with Crippen molar-refractivity contribution in [1.82, 2.24) is 40.1 Å². The number of pyridine rings is 1. The summed E-state index contributed by atoms with van der Waals surface area (Å²) in [7, 11) is 0. The Hall–Kier alpha value is -3.45. The number of ether oxygens (including phenoxy) is 1. The number of piperidine rings is 1. The van der Waals surface area contributed by atoms with E-state index in [1.165, 1.54) is 4.68 Å². The van der Waals surface area contributed by atoms with Gasteiger partial charge in [-0.2, -0.15) is 33.1 Å². The van der Waals surface area contributed by atoms with Crippen LogP contribution in [0.3, 0.4) is 0 Å². The summed E-state index contributed by atoms with van der Waals surface area (Å²) < 4.78 is 52.6. The minimum atomic E-state index is -4.60. The molecule has 2 N–H and O–H groups in total. The van der Waals surface area contributed by atoms with Crippen molar-refractivity contribution in [2.24, 2.45) is 0 Å². The van der Waals surface area contributed by atoms with Crippen LogP contribution < -0.4 is 10.2 Å². The van der Waals surface area contributed by atoms with Crippen molar-refractivity contribution in [1.29, 1.82) is 0 Å². The fourth-order valence-corrected chi connectivity index (χ4v) is 5.40.